The molecule has 0 bridgehead atoms. The highest BCUT2D eigenvalue weighted by atomic mass is 32.1. The van der Waals surface area contributed by atoms with Gasteiger partial charge in [-0.1, -0.05) is 41.7 Å². The largest absolute Gasteiger partial charge is 0.490 e. The van der Waals surface area contributed by atoms with Gasteiger partial charge in [-0.3, -0.25) is 9.78 Å². The van der Waals surface area contributed by atoms with Crippen LogP contribution in [0, 0.1) is 0 Å². The molecule has 1 amide bonds. The normalized spacial score (nSPS) is 16.1. The van der Waals surface area contributed by atoms with Gasteiger partial charge < -0.3 is 19.3 Å². The first kappa shape index (κ1) is 21.2. The monoisotopic (exact) mass is 460 g/mol. The first-order valence-corrected chi connectivity index (χ1v) is 11.7. The van der Waals surface area contributed by atoms with Gasteiger partial charge in [-0.2, -0.15) is 0 Å². The van der Waals surface area contributed by atoms with Crippen LogP contribution < -0.4 is 14.4 Å². The van der Waals surface area contributed by atoms with Crippen molar-refractivity contribution in [3.05, 3.63) is 78.6 Å². The summed E-state index contributed by atoms with van der Waals surface area (Å²) >= 11 is 1.63. The highest BCUT2D eigenvalue weighted by Gasteiger charge is 2.29. The van der Waals surface area contributed by atoms with Crippen molar-refractivity contribution in [3.63, 3.8) is 0 Å². The molecule has 0 N–H and O–H groups in total. The maximum Gasteiger partial charge on any atom is 0.209 e. The van der Waals surface area contributed by atoms with Crippen LogP contribution in [0.5, 0.6) is 11.5 Å². The fourth-order valence-corrected chi connectivity index (χ4v) is 4.93. The van der Waals surface area contributed by atoms with Crippen molar-refractivity contribution in [2.24, 2.45) is 0 Å². The molecule has 1 unspecified atom stereocenters. The van der Waals surface area contributed by atoms with Crippen molar-refractivity contribution in [2.45, 2.75) is 12.6 Å². The third-order valence-corrected chi connectivity index (χ3v) is 6.64. The number of piperazine rings is 1. The molecule has 1 fully saturated rings. The number of pyridine rings is 1. The minimum atomic E-state index is -0.00137. The minimum Gasteiger partial charge on any atom is -0.490 e. The molecule has 1 saturated heterocycles. The smallest absolute Gasteiger partial charge is 0.209 e. The number of rotatable bonds is 8. The molecular weight excluding hydrogens is 436 g/mol. The Bertz CT molecular complexity index is 1200. The van der Waals surface area contributed by atoms with Crippen LogP contribution in [0.1, 0.15) is 5.56 Å². The van der Waals surface area contributed by atoms with Gasteiger partial charge in [0.15, 0.2) is 5.13 Å². The summed E-state index contributed by atoms with van der Waals surface area (Å²) in [5.74, 6) is 1.54. The van der Waals surface area contributed by atoms with Gasteiger partial charge in [0, 0.05) is 25.8 Å². The zero-order chi connectivity index (χ0) is 22.5. The topological polar surface area (TPSA) is 67.8 Å². The molecule has 1 aliphatic heterocycles. The molecular formula is C25H24N4O3S. The molecule has 4 aromatic rings. The number of hydrogen-bond acceptors (Lipinski definition) is 7. The molecule has 2 aromatic heterocycles. The van der Waals surface area contributed by atoms with Gasteiger partial charge in [0.1, 0.15) is 24.7 Å². The standard InChI is InChI=1S/C25H24N4O3S/c30-18-28-11-12-29(20(15-28)17-32-22-7-4-10-26-14-22)25-27-23-9-8-21(13-24(23)33-25)31-16-19-5-2-1-3-6-19/h1-10,13-14,18,20H,11-12,15-17H2. The fourth-order valence-electron chi connectivity index (χ4n) is 3.84. The summed E-state index contributed by atoms with van der Waals surface area (Å²) in [5, 5.41) is 0.926. The lowest BCUT2D eigenvalue weighted by Crippen LogP contribution is -2.55. The second-order valence-corrected chi connectivity index (χ2v) is 8.86. The molecule has 0 spiro atoms. The number of fused-ring (bicyclic) bond motifs is 1. The van der Waals surface area contributed by atoms with E-state index in [-0.39, 0.29) is 6.04 Å². The summed E-state index contributed by atoms with van der Waals surface area (Å²) in [7, 11) is 0. The molecule has 168 valence electrons. The van der Waals surface area contributed by atoms with Crippen molar-refractivity contribution >= 4 is 33.1 Å². The van der Waals surface area contributed by atoms with Crippen molar-refractivity contribution in [3.8, 4) is 11.5 Å². The van der Waals surface area contributed by atoms with Gasteiger partial charge in [0.2, 0.25) is 6.41 Å². The SMILES string of the molecule is O=CN1CCN(c2nc3ccc(OCc4ccccc4)cc3s2)C(COc2cccnc2)C1. The van der Waals surface area contributed by atoms with Gasteiger partial charge in [-0.05, 0) is 35.9 Å². The fraction of sp³-hybridized carbons (Fsp3) is 0.240. The van der Waals surface area contributed by atoms with E-state index in [4.69, 9.17) is 14.5 Å². The van der Waals surface area contributed by atoms with Gasteiger partial charge in [-0.15, -0.1) is 0 Å². The molecule has 1 aliphatic rings. The Morgan fingerprint density at radius 1 is 1.03 bits per heavy atom. The molecule has 1 atom stereocenters. The van der Waals surface area contributed by atoms with E-state index in [1.165, 1.54) is 0 Å². The summed E-state index contributed by atoms with van der Waals surface area (Å²) in [6.07, 6.45) is 4.31. The van der Waals surface area contributed by atoms with Crippen LogP contribution in [-0.2, 0) is 11.4 Å². The second kappa shape index (κ2) is 9.87. The zero-order valence-electron chi connectivity index (χ0n) is 18.0. The number of carbonyl (C=O) groups is 1. The van der Waals surface area contributed by atoms with Crippen LogP contribution in [-0.4, -0.2) is 53.6 Å². The van der Waals surface area contributed by atoms with E-state index in [1.54, 1.807) is 28.6 Å². The molecule has 0 radical (unpaired) electrons. The number of benzene rings is 2. The average Bonchev–Trinajstić information content (AvgIpc) is 3.30. The Labute approximate surface area is 196 Å². The molecule has 0 saturated carbocycles. The van der Waals surface area contributed by atoms with Crippen LogP contribution >= 0.6 is 11.3 Å². The number of anilines is 1. The maximum atomic E-state index is 11.4. The third-order valence-electron chi connectivity index (χ3n) is 5.58. The molecule has 0 aliphatic carbocycles. The Morgan fingerprint density at radius 3 is 2.76 bits per heavy atom. The maximum absolute atomic E-state index is 11.4. The molecule has 5 rings (SSSR count). The summed E-state index contributed by atoms with van der Waals surface area (Å²) in [6.45, 7) is 2.92. The van der Waals surface area contributed by atoms with Crippen LogP contribution in [0.4, 0.5) is 5.13 Å². The lowest BCUT2D eigenvalue weighted by atomic mass is 10.2. The van der Waals surface area contributed by atoms with Crippen molar-refractivity contribution in [2.75, 3.05) is 31.1 Å². The molecule has 7 nitrogen and oxygen atoms in total. The number of hydrogen-bond donors (Lipinski definition) is 0. The summed E-state index contributed by atoms with van der Waals surface area (Å²) < 4.78 is 13.0. The molecule has 2 aromatic carbocycles. The highest BCUT2D eigenvalue weighted by Crippen LogP contribution is 2.33. The summed E-state index contributed by atoms with van der Waals surface area (Å²) in [5.41, 5.74) is 2.07. The zero-order valence-corrected chi connectivity index (χ0v) is 18.9. The Hall–Kier alpha value is -3.65. The van der Waals surface area contributed by atoms with Crippen LogP contribution in [0.3, 0.4) is 0 Å². The van der Waals surface area contributed by atoms with Crippen molar-refractivity contribution < 1.29 is 14.3 Å². The first-order chi connectivity index (χ1) is 16.3. The number of thiazole rings is 1. The quantitative estimate of drug-likeness (QED) is 0.370. The molecule has 33 heavy (non-hydrogen) atoms. The van der Waals surface area contributed by atoms with Crippen LogP contribution in [0.2, 0.25) is 0 Å². The second-order valence-electron chi connectivity index (χ2n) is 7.85. The highest BCUT2D eigenvalue weighted by molar-refractivity contribution is 7.22. The minimum absolute atomic E-state index is 0.00137. The van der Waals surface area contributed by atoms with E-state index < -0.39 is 0 Å². The predicted molar refractivity (Wildman–Crippen MR) is 129 cm³/mol. The molecule has 3 heterocycles. The van der Waals surface area contributed by atoms with Gasteiger partial charge in [-0.25, -0.2) is 4.98 Å². The first-order valence-electron chi connectivity index (χ1n) is 10.8. The average molecular weight is 461 g/mol. The summed E-state index contributed by atoms with van der Waals surface area (Å²) in [6, 6.07) is 19.8. The van der Waals surface area contributed by atoms with Crippen LogP contribution in [0.15, 0.2) is 73.1 Å². The number of amides is 1. The number of ether oxygens (including phenoxy) is 2. The van der Waals surface area contributed by atoms with Gasteiger partial charge >= 0.3 is 0 Å². The van der Waals surface area contributed by atoms with Crippen molar-refractivity contribution in [1.29, 1.82) is 0 Å². The van der Waals surface area contributed by atoms with E-state index in [0.29, 0.717) is 38.6 Å². The Balaban J connectivity index is 1.32. The molecule has 8 heteroatoms. The van der Waals surface area contributed by atoms with E-state index in [2.05, 4.69) is 22.0 Å². The Kier molecular flexibility index (Phi) is 6.34. The van der Waals surface area contributed by atoms with E-state index >= 15 is 0 Å². The third kappa shape index (κ3) is 5.06. The van der Waals surface area contributed by atoms with E-state index in [1.807, 2.05) is 48.5 Å². The van der Waals surface area contributed by atoms with Crippen molar-refractivity contribution in [1.82, 2.24) is 14.9 Å². The summed E-state index contributed by atoms with van der Waals surface area (Å²) in [4.78, 5) is 24.4. The number of aromatic nitrogens is 2. The predicted octanol–water partition coefficient (Wildman–Crippen LogP) is 4.00. The number of nitrogens with zero attached hydrogens (tertiary/aromatic N) is 4. The lowest BCUT2D eigenvalue weighted by molar-refractivity contribution is -0.119. The van der Waals surface area contributed by atoms with Gasteiger partial charge in [0.25, 0.3) is 0 Å². The lowest BCUT2D eigenvalue weighted by Gasteiger charge is -2.39. The van der Waals surface area contributed by atoms with Crippen LogP contribution in [0.25, 0.3) is 10.2 Å². The Morgan fingerprint density at radius 2 is 1.94 bits per heavy atom. The van der Waals surface area contributed by atoms with Gasteiger partial charge in [0.05, 0.1) is 22.5 Å². The van der Waals surface area contributed by atoms with E-state index in [9.17, 15) is 4.79 Å². The van der Waals surface area contributed by atoms with E-state index in [0.717, 1.165) is 33.1 Å². The number of carbonyl (C=O) groups excluding carboxylic acids is 1.